The standard InChI is InChI=1S/C46H59NO4/c1-41-23-20-35(48)29-43(41)26-27-45(36(30-43)40(49)32-13-6-3-7-14-32)37(41)21-24-42(2)38(45)22-25-44(42,50)31-47-28-12-19-39(47)46(51,33-15-8-4-9-16-33)34-17-10-5-11-18-34/h4-5,8-11,15-18,26-27,30,32,35,37-39,48,50-51H,3,6-7,12-14,19-25,28-29,31H2,1-2H3. The summed E-state index contributed by atoms with van der Waals surface area (Å²) in [5.74, 6) is 0.960. The first-order chi connectivity index (χ1) is 24.5. The molecule has 2 aromatic rings. The lowest BCUT2D eigenvalue weighted by Gasteiger charge is -2.71. The number of ketones is 1. The van der Waals surface area contributed by atoms with Gasteiger partial charge in [-0.15, -0.1) is 0 Å². The van der Waals surface area contributed by atoms with Gasteiger partial charge in [-0.2, -0.15) is 0 Å². The van der Waals surface area contributed by atoms with E-state index >= 15 is 0 Å². The van der Waals surface area contributed by atoms with Crippen molar-refractivity contribution in [1.29, 1.82) is 0 Å². The maximum Gasteiger partial charge on any atom is 0.162 e. The molecule has 0 radical (unpaired) electrons. The van der Waals surface area contributed by atoms with E-state index in [4.69, 9.17) is 0 Å². The third-order valence-corrected chi connectivity index (χ3v) is 16.7. The van der Waals surface area contributed by atoms with E-state index in [0.717, 1.165) is 93.9 Å². The van der Waals surface area contributed by atoms with Crippen LogP contribution < -0.4 is 0 Å². The summed E-state index contributed by atoms with van der Waals surface area (Å²) in [6.45, 7) is 6.21. The molecule has 2 aromatic carbocycles. The summed E-state index contributed by atoms with van der Waals surface area (Å²) >= 11 is 0. The largest absolute Gasteiger partial charge is 0.393 e. The molecule has 5 heteroatoms. The smallest absolute Gasteiger partial charge is 0.162 e. The summed E-state index contributed by atoms with van der Waals surface area (Å²) in [6, 6.07) is 20.1. The molecule has 3 N–H and O–H groups in total. The zero-order chi connectivity index (χ0) is 35.3. The van der Waals surface area contributed by atoms with Crippen LogP contribution in [0.5, 0.6) is 0 Å². The van der Waals surface area contributed by atoms with E-state index in [-0.39, 0.29) is 45.6 Å². The molecule has 1 saturated heterocycles. The summed E-state index contributed by atoms with van der Waals surface area (Å²) < 4.78 is 0. The van der Waals surface area contributed by atoms with Crippen LogP contribution >= 0.6 is 0 Å². The van der Waals surface area contributed by atoms with Crippen LogP contribution in [-0.4, -0.2) is 56.8 Å². The van der Waals surface area contributed by atoms with Gasteiger partial charge < -0.3 is 15.3 Å². The number of benzene rings is 2. The summed E-state index contributed by atoms with van der Waals surface area (Å²) in [7, 11) is 0. The minimum absolute atomic E-state index is 0.0126. The Labute approximate surface area is 305 Å². The molecule has 10 rings (SSSR count). The van der Waals surface area contributed by atoms with Gasteiger partial charge in [0.2, 0.25) is 0 Å². The average molecular weight is 690 g/mol. The molecule has 51 heavy (non-hydrogen) atoms. The number of rotatable bonds is 7. The second-order valence-electron chi connectivity index (χ2n) is 18.6. The SMILES string of the molecule is CC12CCC(O)CC13C=CC1(C(C(=O)C4CCCCC4)=C3)C2CCC2(C)C1CCC2(O)CN1CCCC1C(O)(c1ccccc1)c1ccccc1. The fraction of sp³-hybridized carbons (Fsp3) is 0.630. The minimum Gasteiger partial charge on any atom is -0.393 e. The highest BCUT2D eigenvalue weighted by Gasteiger charge is 2.74. The molecular weight excluding hydrogens is 631 g/mol. The molecule has 272 valence electrons. The quantitative estimate of drug-likeness (QED) is 0.256. The van der Waals surface area contributed by atoms with Crippen molar-refractivity contribution in [2.24, 2.45) is 39.4 Å². The number of carbonyl (C=O) groups is 1. The second-order valence-corrected chi connectivity index (χ2v) is 18.6. The Kier molecular flexibility index (Phi) is 8.03. The van der Waals surface area contributed by atoms with Crippen LogP contribution in [0.4, 0.5) is 0 Å². The molecule has 5 nitrogen and oxygen atoms in total. The molecule has 9 unspecified atom stereocenters. The maximum absolute atomic E-state index is 14.9. The van der Waals surface area contributed by atoms with E-state index in [9.17, 15) is 20.1 Å². The van der Waals surface area contributed by atoms with E-state index in [0.29, 0.717) is 31.1 Å². The number of nitrogens with zero attached hydrogens (tertiary/aromatic N) is 1. The van der Waals surface area contributed by atoms with Crippen molar-refractivity contribution in [2.45, 2.75) is 127 Å². The van der Waals surface area contributed by atoms with Gasteiger partial charge >= 0.3 is 0 Å². The number of fused-ring (bicyclic) bond motifs is 1. The number of hydrogen-bond donors (Lipinski definition) is 3. The van der Waals surface area contributed by atoms with Crippen molar-refractivity contribution in [3.8, 4) is 0 Å². The first kappa shape index (κ1) is 34.2. The summed E-state index contributed by atoms with van der Waals surface area (Å²) in [5.41, 5.74) is -0.359. The highest BCUT2D eigenvalue weighted by molar-refractivity contribution is 6.00. The molecule has 5 fully saturated rings. The van der Waals surface area contributed by atoms with E-state index in [1.807, 2.05) is 60.7 Å². The van der Waals surface area contributed by atoms with Crippen LogP contribution in [0.3, 0.4) is 0 Å². The molecule has 2 spiro atoms. The zero-order valence-corrected chi connectivity index (χ0v) is 30.9. The van der Waals surface area contributed by atoms with Gasteiger partial charge in [-0.05, 0) is 106 Å². The van der Waals surface area contributed by atoms with Crippen LogP contribution in [0.1, 0.15) is 115 Å². The van der Waals surface area contributed by atoms with Crippen molar-refractivity contribution in [3.63, 3.8) is 0 Å². The van der Waals surface area contributed by atoms with Crippen LogP contribution in [0.25, 0.3) is 0 Å². The number of likely N-dealkylation sites (tertiary alicyclic amines) is 1. The normalized spacial score (nSPS) is 42.3. The van der Waals surface area contributed by atoms with Gasteiger partial charge in [0.05, 0.1) is 11.7 Å². The lowest BCUT2D eigenvalue weighted by atomic mass is 9.32. The minimum atomic E-state index is -1.20. The highest BCUT2D eigenvalue weighted by atomic mass is 16.3. The Balaban J connectivity index is 1.10. The lowest BCUT2D eigenvalue weighted by Crippen LogP contribution is -2.67. The molecule has 8 aliphatic rings. The van der Waals surface area contributed by atoms with Crippen molar-refractivity contribution < 1.29 is 20.1 Å². The van der Waals surface area contributed by atoms with Crippen LogP contribution in [0.15, 0.2) is 84.5 Å². The third kappa shape index (κ3) is 4.63. The van der Waals surface area contributed by atoms with Gasteiger partial charge in [-0.3, -0.25) is 9.69 Å². The molecule has 2 bridgehead atoms. The van der Waals surface area contributed by atoms with E-state index in [1.54, 1.807) is 0 Å². The van der Waals surface area contributed by atoms with E-state index in [2.05, 4.69) is 37.0 Å². The van der Waals surface area contributed by atoms with Gasteiger partial charge in [0.25, 0.3) is 0 Å². The molecular formula is C46H59NO4. The van der Waals surface area contributed by atoms with Gasteiger partial charge in [0.1, 0.15) is 5.60 Å². The topological polar surface area (TPSA) is 81.0 Å². The Morgan fingerprint density at radius 3 is 2.10 bits per heavy atom. The Bertz CT molecular complexity index is 1680. The first-order valence-corrected chi connectivity index (χ1v) is 20.5. The van der Waals surface area contributed by atoms with Crippen LogP contribution in [0.2, 0.25) is 0 Å². The average Bonchev–Trinajstić information content (AvgIpc) is 3.73. The third-order valence-electron chi connectivity index (χ3n) is 16.7. The Hall–Kier alpha value is -2.57. The molecule has 7 aliphatic carbocycles. The number of allylic oxidation sites excluding steroid dienone is 4. The zero-order valence-electron chi connectivity index (χ0n) is 30.9. The van der Waals surface area contributed by atoms with Gasteiger partial charge in [-0.1, -0.05) is 112 Å². The molecule has 0 amide bonds. The van der Waals surface area contributed by atoms with E-state index in [1.165, 1.54) is 6.42 Å². The Morgan fingerprint density at radius 2 is 1.41 bits per heavy atom. The summed E-state index contributed by atoms with van der Waals surface area (Å²) in [5, 5.41) is 37.2. The maximum atomic E-state index is 14.9. The summed E-state index contributed by atoms with van der Waals surface area (Å²) in [4.78, 5) is 17.4. The van der Waals surface area contributed by atoms with E-state index < -0.39 is 11.2 Å². The summed E-state index contributed by atoms with van der Waals surface area (Å²) in [6.07, 6.45) is 20.3. The molecule has 0 aromatic heterocycles. The lowest BCUT2D eigenvalue weighted by molar-refractivity contribution is -0.182. The Morgan fingerprint density at radius 1 is 0.784 bits per heavy atom. The van der Waals surface area contributed by atoms with Crippen molar-refractivity contribution in [3.05, 3.63) is 95.6 Å². The number of aliphatic hydroxyl groups is 3. The van der Waals surface area contributed by atoms with Gasteiger partial charge in [-0.25, -0.2) is 0 Å². The van der Waals surface area contributed by atoms with Gasteiger partial charge in [0, 0.05) is 40.3 Å². The first-order valence-electron chi connectivity index (χ1n) is 20.5. The number of Topliss-reactive ketones (excluding diaryl/α,β-unsaturated/α-hetero) is 1. The second kappa shape index (κ2) is 12.0. The molecule has 4 saturated carbocycles. The monoisotopic (exact) mass is 689 g/mol. The number of carbonyl (C=O) groups excluding carboxylic acids is 1. The predicted molar refractivity (Wildman–Crippen MR) is 201 cm³/mol. The predicted octanol–water partition coefficient (Wildman–Crippen LogP) is 8.13. The van der Waals surface area contributed by atoms with Crippen molar-refractivity contribution in [2.75, 3.05) is 13.1 Å². The highest BCUT2D eigenvalue weighted by Crippen LogP contribution is 2.78. The van der Waals surface area contributed by atoms with Crippen molar-refractivity contribution in [1.82, 2.24) is 4.90 Å². The molecule has 9 atom stereocenters. The molecule has 1 aliphatic heterocycles. The van der Waals surface area contributed by atoms with Crippen LogP contribution in [-0.2, 0) is 10.4 Å². The number of β-amino-alcohol motifs (C(OH)–C–C–N with tert-alkyl or cyclic N) is 1. The number of aliphatic hydroxyl groups excluding tert-OH is 1. The number of hydrogen-bond acceptors (Lipinski definition) is 5. The fourth-order valence-corrected chi connectivity index (χ4v) is 14.0. The van der Waals surface area contributed by atoms with Gasteiger partial charge in [0.15, 0.2) is 5.78 Å². The van der Waals surface area contributed by atoms with Crippen molar-refractivity contribution >= 4 is 5.78 Å². The molecule has 1 heterocycles. The fourth-order valence-electron chi connectivity index (χ4n) is 14.0. The van der Waals surface area contributed by atoms with Crippen LogP contribution in [0, 0.1) is 39.4 Å².